The minimum Gasteiger partial charge on any atom is -0.260 e. The van der Waals surface area contributed by atoms with Crippen molar-refractivity contribution in [2.75, 3.05) is 0 Å². The van der Waals surface area contributed by atoms with Crippen molar-refractivity contribution in [1.82, 2.24) is 4.98 Å². The van der Waals surface area contributed by atoms with E-state index in [4.69, 9.17) is 4.98 Å². The van der Waals surface area contributed by atoms with Crippen LogP contribution in [0.1, 0.15) is 48.1 Å². The van der Waals surface area contributed by atoms with Crippen molar-refractivity contribution in [3.05, 3.63) is 95.4 Å². The lowest BCUT2D eigenvalue weighted by Crippen LogP contribution is -2.33. The van der Waals surface area contributed by atoms with E-state index in [0.717, 1.165) is 0 Å². The first-order valence-electron chi connectivity index (χ1n) is 11.8. The molecule has 6 rings (SSSR count). The van der Waals surface area contributed by atoms with Gasteiger partial charge in [-0.25, -0.2) is 4.57 Å². The van der Waals surface area contributed by atoms with Crippen molar-refractivity contribution in [1.29, 1.82) is 0 Å². The predicted octanol–water partition coefficient (Wildman–Crippen LogP) is 6.70. The van der Waals surface area contributed by atoms with Crippen molar-refractivity contribution in [3.63, 3.8) is 0 Å². The fraction of sp³-hybridized carbons (Fsp3) is 0.267. The van der Waals surface area contributed by atoms with E-state index in [2.05, 4.69) is 92.3 Å². The average Bonchev–Trinajstić information content (AvgIpc) is 3.41. The summed E-state index contributed by atoms with van der Waals surface area (Å²) in [6.45, 7) is 4.51. The molecule has 0 amide bonds. The second-order valence-corrected chi connectivity index (χ2v) is 9.60. The van der Waals surface area contributed by atoms with E-state index in [9.17, 15) is 0 Å². The minimum atomic E-state index is 0.0618. The molecule has 0 atom stereocenters. The SMILES string of the molecule is Cc1cc(-c2c(C)ccc3c2C2(CCCC2)c2ncccc2-3)[n+](C)cc1-c1ccccc1. The summed E-state index contributed by atoms with van der Waals surface area (Å²) in [7, 11) is 2.20. The van der Waals surface area contributed by atoms with Crippen molar-refractivity contribution in [3.8, 4) is 33.5 Å². The van der Waals surface area contributed by atoms with Crippen LogP contribution in [0, 0.1) is 13.8 Å². The highest BCUT2D eigenvalue weighted by molar-refractivity contribution is 5.88. The fourth-order valence-corrected chi connectivity index (χ4v) is 6.26. The smallest absolute Gasteiger partial charge is 0.213 e. The third-order valence-corrected chi connectivity index (χ3v) is 7.72. The van der Waals surface area contributed by atoms with Crippen molar-refractivity contribution in [2.45, 2.75) is 44.9 Å². The van der Waals surface area contributed by atoms with Gasteiger partial charge in [0.1, 0.15) is 7.05 Å². The maximum Gasteiger partial charge on any atom is 0.213 e. The fourth-order valence-electron chi connectivity index (χ4n) is 6.26. The van der Waals surface area contributed by atoms with Gasteiger partial charge in [0, 0.05) is 28.8 Å². The van der Waals surface area contributed by atoms with Gasteiger partial charge in [-0.1, -0.05) is 61.4 Å². The van der Waals surface area contributed by atoms with Gasteiger partial charge in [0.15, 0.2) is 6.20 Å². The summed E-state index contributed by atoms with van der Waals surface area (Å²) >= 11 is 0. The zero-order valence-corrected chi connectivity index (χ0v) is 19.2. The Hall–Kier alpha value is -3.26. The van der Waals surface area contributed by atoms with E-state index in [0.29, 0.717) is 0 Å². The Morgan fingerprint density at radius 1 is 0.812 bits per heavy atom. The average molecular weight is 418 g/mol. The summed E-state index contributed by atoms with van der Waals surface area (Å²) < 4.78 is 2.33. The Morgan fingerprint density at radius 3 is 2.38 bits per heavy atom. The second kappa shape index (κ2) is 7.13. The van der Waals surface area contributed by atoms with Gasteiger partial charge in [0.25, 0.3) is 0 Å². The molecule has 1 fully saturated rings. The van der Waals surface area contributed by atoms with Gasteiger partial charge in [0.2, 0.25) is 5.69 Å². The number of fused-ring (bicyclic) bond motifs is 5. The van der Waals surface area contributed by atoms with Crippen LogP contribution in [0.25, 0.3) is 33.5 Å². The van der Waals surface area contributed by atoms with Crippen LogP contribution in [0.15, 0.2) is 73.1 Å². The number of hydrogen-bond donors (Lipinski definition) is 0. The summed E-state index contributed by atoms with van der Waals surface area (Å²) in [5, 5.41) is 0. The number of nitrogens with zero attached hydrogens (tertiary/aromatic N) is 2. The molecule has 158 valence electrons. The standard InChI is InChI=1S/C30H29N2/c1-20-13-14-23-24-12-9-17-31-29(24)30(15-7-8-16-30)28(23)27(20)26-18-21(2)25(19-32(26)3)22-10-5-4-6-11-22/h4-6,9-14,17-19H,7-8,15-16H2,1-3H3/q+1. The quantitative estimate of drug-likeness (QED) is 0.332. The van der Waals surface area contributed by atoms with Crippen LogP contribution in [-0.4, -0.2) is 4.98 Å². The molecule has 0 unspecified atom stereocenters. The molecule has 2 aromatic heterocycles. The van der Waals surface area contributed by atoms with Crippen molar-refractivity contribution < 1.29 is 4.57 Å². The van der Waals surface area contributed by atoms with Gasteiger partial charge < -0.3 is 0 Å². The molecule has 4 aromatic rings. The van der Waals surface area contributed by atoms with Crippen LogP contribution in [0.3, 0.4) is 0 Å². The molecular formula is C30H29N2+. The normalized spacial score (nSPS) is 15.7. The van der Waals surface area contributed by atoms with Crippen LogP contribution < -0.4 is 4.57 Å². The van der Waals surface area contributed by atoms with E-state index in [1.54, 1.807) is 0 Å². The molecule has 0 aliphatic heterocycles. The number of benzene rings is 2. The molecule has 2 heterocycles. The lowest BCUT2D eigenvalue weighted by molar-refractivity contribution is -0.660. The molecule has 0 bridgehead atoms. The summed E-state index contributed by atoms with van der Waals surface area (Å²) in [4.78, 5) is 4.96. The molecule has 2 aromatic carbocycles. The molecular weight excluding hydrogens is 388 g/mol. The van der Waals surface area contributed by atoms with Gasteiger partial charge in [-0.15, -0.1) is 0 Å². The number of aryl methyl sites for hydroxylation is 3. The summed E-state index contributed by atoms with van der Waals surface area (Å²) in [5.41, 5.74) is 13.6. The maximum absolute atomic E-state index is 4.96. The van der Waals surface area contributed by atoms with Crippen molar-refractivity contribution in [2.24, 2.45) is 7.05 Å². The first-order chi connectivity index (χ1) is 15.6. The van der Waals surface area contributed by atoms with Crippen LogP contribution in [0.2, 0.25) is 0 Å². The number of aromatic nitrogens is 2. The Bertz CT molecular complexity index is 1350. The number of pyridine rings is 2. The number of rotatable bonds is 2. The second-order valence-electron chi connectivity index (χ2n) is 9.60. The molecule has 1 saturated carbocycles. The highest BCUT2D eigenvalue weighted by atomic mass is 14.9. The Balaban J connectivity index is 1.62. The van der Waals surface area contributed by atoms with Crippen LogP contribution >= 0.6 is 0 Å². The number of hydrogen-bond acceptors (Lipinski definition) is 1. The van der Waals surface area contributed by atoms with E-state index in [1.165, 1.54) is 81.6 Å². The summed E-state index contributed by atoms with van der Waals surface area (Å²) in [5.74, 6) is 0. The van der Waals surface area contributed by atoms with Gasteiger partial charge in [0.05, 0.1) is 11.3 Å². The van der Waals surface area contributed by atoms with Crippen molar-refractivity contribution >= 4 is 0 Å². The first kappa shape index (κ1) is 19.4. The highest BCUT2D eigenvalue weighted by Gasteiger charge is 2.48. The molecule has 32 heavy (non-hydrogen) atoms. The molecule has 2 aliphatic carbocycles. The molecule has 2 aliphatic rings. The first-order valence-corrected chi connectivity index (χ1v) is 11.8. The van der Waals surface area contributed by atoms with Crippen LogP contribution in [0.5, 0.6) is 0 Å². The lowest BCUT2D eigenvalue weighted by atomic mass is 9.75. The minimum absolute atomic E-state index is 0.0618. The van der Waals surface area contributed by atoms with E-state index in [1.807, 2.05) is 6.20 Å². The summed E-state index contributed by atoms with van der Waals surface area (Å²) in [6.07, 6.45) is 9.25. The zero-order chi connectivity index (χ0) is 21.9. The van der Waals surface area contributed by atoms with Crippen LogP contribution in [-0.2, 0) is 12.5 Å². The Labute approximate surface area is 190 Å². The Kier molecular flexibility index (Phi) is 4.33. The third-order valence-electron chi connectivity index (χ3n) is 7.72. The van der Waals surface area contributed by atoms with Gasteiger partial charge in [-0.05, 0) is 60.6 Å². The van der Waals surface area contributed by atoms with E-state index < -0.39 is 0 Å². The molecule has 0 N–H and O–H groups in total. The lowest BCUT2D eigenvalue weighted by Gasteiger charge is -2.28. The largest absolute Gasteiger partial charge is 0.260 e. The van der Waals surface area contributed by atoms with E-state index in [-0.39, 0.29) is 5.41 Å². The van der Waals surface area contributed by atoms with Gasteiger partial charge in [-0.3, -0.25) is 4.98 Å². The topological polar surface area (TPSA) is 16.8 Å². The van der Waals surface area contributed by atoms with Gasteiger partial charge >= 0.3 is 0 Å². The molecule has 0 saturated heterocycles. The zero-order valence-electron chi connectivity index (χ0n) is 19.2. The predicted molar refractivity (Wildman–Crippen MR) is 130 cm³/mol. The highest BCUT2D eigenvalue weighted by Crippen LogP contribution is 2.58. The molecule has 2 heteroatoms. The maximum atomic E-state index is 4.96. The molecule has 1 spiro atoms. The Morgan fingerprint density at radius 2 is 1.59 bits per heavy atom. The third kappa shape index (κ3) is 2.65. The summed E-state index contributed by atoms with van der Waals surface area (Å²) in [6, 6.07) is 22.1. The van der Waals surface area contributed by atoms with E-state index >= 15 is 0 Å². The van der Waals surface area contributed by atoms with Gasteiger partial charge in [-0.2, -0.15) is 0 Å². The monoisotopic (exact) mass is 417 g/mol. The molecule has 2 nitrogen and oxygen atoms in total. The van der Waals surface area contributed by atoms with Crippen LogP contribution in [0.4, 0.5) is 0 Å². The molecule has 0 radical (unpaired) electrons.